The van der Waals surface area contributed by atoms with Crippen LogP contribution in [0.5, 0.6) is 0 Å². The van der Waals surface area contributed by atoms with Crippen LogP contribution in [0.3, 0.4) is 0 Å². The van der Waals surface area contributed by atoms with E-state index in [-0.39, 0.29) is 11.8 Å². The molecule has 0 saturated carbocycles. The van der Waals surface area contributed by atoms with Crippen LogP contribution in [0.15, 0.2) is 48.8 Å². The molecule has 1 heterocycles. The molecule has 1 aliphatic carbocycles. The molecule has 0 aliphatic heterocycles. The SMILES string of the molecule is Cc1cccc(-n2cc(CN(C)C(=O)C3CC=CC3)cn2)c1. The third-order valence-corrected chi connectivity index (χ3v) is 4.06. The standard InChI is InChI=1S/C18H21N3O/c1-14-6-5-9-17(10-14)21-13-15(11-19-21)12-20(2)18(22)16-7-3-4-8-16/h3-6,9-11,13,16H,7-8,12H2,1-2H3. The van der Waals surface area contributed by atoms with Crippen LogP contribution in [0.4, 0.5) is 0 Å². The Morgan fingerprint density at radius 1 is 1.36 bits per heavy atom. The van der Waals surface area contributed by atoms with Crippen molar-refractivity contribution in [1.29, 1.82) is 0 Å². The molecule has 3 rings (SSSR count). The summed E-state index contributed by atoms with van der Waals surface area (Å²) >= 11 is 0. The first kappa shape index (κ1) is 14.6. The molecule has 1 aromatic carbocycles. The first-order valence-corrected chi connectivity index (χ1v) is 7.64. The highest BCUT2D eigenvalue weighted by atomic mass is 16.2. The van der Waals surface area contributed by atoms with Gasteiger partial charge in [-0.2, -0.15) is 5.10 Å². The summed E-state index contributed by atoms with van der Waals surface area (Å²) in [7, 11) is 1.87. The lowest BCUT2D eigenvalue weighted by Crippen LogP contribution is -2.31. The molecule has 1 aromatic heterocycles. The van der Waals surface area contributed by atoms with E-state index in [0.717, 1.165) is 24.1 Å². The maximum absolute atomic E-state index is 12.3. The average molecular weight is 295 g/mol. The van der Waals surface area contributed by atoms with E-state index in [9.17, 15) is 4.79 Å². The largest absolute Gasteiger partial charge is 0.341 e. The van der Waals surface area contributed by atoms with E-state index >= 15 is 0 Å². The van der Waals surface area contributed by atoms with Gasteiger partial charge in [0.1, 0.15) is 0 Å². The van der Waals surface area contributed by atoms with Crippen LogP contribution in [0, 0.1) is 12.8 Å². The summed E-state index contributed by atoms with van der Waals surface area (Å²) < 4.78 is 1.86. The van der Waals surface area contributed by atoms with Gasteiger partial charge in [0.2, 0.25) is 5.91 Å². The van der Waals surface area contributed by atoms with Crippen molar-refractivity contribution in [1.82, 2.24) is 14.7 Å². The van der Waals surface area contributed by atoms with Gasteiger partial charge in [0.15, 0.2) is 0 Å². The minimum Gasteiger partial charge on any atom is -0.341 e. The van der Waals surface area contributed by atoms with Crippen LogP contribution in [0.25, 0.3) is 5.69 Å². The van der Waals surface area contributed by atoms with Gasteiger partial charge in [0.25, 0.3) is 0 Å². The Hall–Kier alpha value is -2.36. The number of aryl methyl sites for hydroxylation is 1. The second-order valence-corrected chi connectivity index (χ2v) is 5.97. The number of carbonyl (C=O) groups is 1. The zero-order chi connectivity index (χ0) is 15.5. The van der Waals surface area contributed by atoms with E-state index in [1.807, 2.05) is 36.3 Å². The Morgan fingerprint density at radius 3 is 2.86 bits per heavy atom. The molecule has 0 spiro atoms. The van der Waals surface area contributed by atoms with Gasteiger partial charge >= 0.3 is 0 Å². The minimum atomic E-state index is 0.122. The van der Waals surface area contributed by atoms with Crippen molar-refractivity contribution in [3.05, 3.63) is 59.9 Å². The summed E-state index contributed by atoms with van der Waals surface area (Å²) in [6.45, 7) is 2.66. The molecule has 0 atom stereocenters. The first-order chi connectivity index (χ1) is 10.6. The van der Waals surface area contributed by atoms with E-state index in [1.165, 1.54) is 5.56 Å². The predicted octanol–water partition coefficient (Wildman–Crippen LogP) is 3.11. The molecule has 2 aromatic rings. The lowest BCUT2D eigenvalue weighted by molar-refractivity contribution is -0.134. The van der Waals surface area contributed by atoms with Gasteiger partial charge in [0, 0.05) is 31.3 Å². The van der Waals surface area contributed by atoms with Gasteiger partial charge in [0.05, 0.1) is 11.9 Å². The van der Waals surface area contributed by atoms with E-state index in [1.54, 1.807) is 4.90 Å². The molecule has 0 fully saturated rings. The summed E-state index contributed by atoms with van der Waals surface area (Å²) in [4.78, 5) is 14.1. The zero-order valence-electron chi connectivity index (χ0n) is 13.1. The zero-order valence-corrected chi connectivity index (χ0v) is 13.1. The third-order valence-electron chi connectivity index (χ3n) is 4.06. The molecule has 0 bridgehead atoms. The van der Waals surface area contributed by atoms with Gasteiger partial charge in [-0.25, -0.2) is 4.68 Å². The second-order valence-electron chi connectivity index (χ2n) is 5.97. The van der Waals surface area contributed by atoms with Crippen LogP contribution < -0.4 is 0 Å². The molecule has 4 nitrogen and oxygen atoms in total. The predicted molar refractivity (Wildman–Crippen MR) is 86.6 cm³/mol. The van der Waals surface area contributed by atoms with Crippen LogP contribution in [0.2, 0.25) is 0 Å². The summed E-state index contributed by atoms with van der Waals surface area (Å²) in [6.07, 6.45) is 9.74. The lowest BCUT2D eigenvalue weighted by atomic mass is 10.1. The number of allylic oxidation sites excluding steroid dienone is 2. The molecule has 1 aliphatic rings. The average Bonchev–Trinajstić information content (AvgIpc) is 3.18. The molecular formula is C18H21N3O. The van der Waals surface area contributed by atoms with E-state index in [2.05, 4.69) is 36.3 Å². The Labute approximate surface area is 131 Å². The maximum Gasteiger partial charge on any atom is 0.226 e. The van der Waals surface area contributed by atoms with Crippen LogP contribution in [-0.2, 0) is 11.3 Å². The number of amides is 1. The van der Waals surface area contributed by atoms with E-state index in [0.29, 0.717) is 6.54 Å². The molecule has 0 radical (unpaired) electrons. The van der Waals surface area contributed by atoms with Crippen molar-refractivity contribution in [2.45, 2.75) is 26.3 Å². The number of hydrogen-bond donors (Lipinski definition) is 0. The van der Waals surface area contributed by atoms with Crippen LogP contribution in [-0.4, -0.2) is 27.6 Å². The molecule has 0 saturated heterocycles. The Kier molecular flexibility index (Phi) is 4.09. The monoisotopic (exact) mass is 295 g/mol. The smallest absolute Gasteiger partial charge is 0.226 e. The molecule has 22 heavy (non-hydrogen) atoms. The number of hydrogen-bond acceptors (Lipinski definition) is 2. The van der Waals surface area contributed by atoms with Gasteiger partial charge in [-0.05, 0) is 37.5 Å². The number of nitrogens with zero attached hydrogens (tertiary/aromatic N) is 3. The van der Waals surface area contributed by atoms with Gasteiger partial charge in [-0.1, -0.05) is 24.3 Å². The fraction of sp³-hybridized carbons (Fsp3) is 0.333. The van der Waals surface area contributed by atoms with Gasteiger partial charge in [-0.3, -0.25) is 4.79 Å². The van der Waals surface area contributed by atoms with Crippen molar-refractivity contribution >= 4 is 5.91 Å². The molecule has 4 heteroatoms. The molecule has 1 amide bonds. The summed E-state index contributed by atoms with van der Waals surface area (Å²) in [6, 6.07) is 8.21. The van der Waals surface area contributed by atoms with Crippen molar-refractivity contribution in [2.24, 2.45) is 5.92 Å². The molecular weight excluding hydrogens is 274 g/mol. The number of rotatable bonds is 4. The highest BCUT2D eigenvalue weighted by molar-refractivity contribution is 5.79. The fourth-order valence-electron chi connectivity index (χ4n) is 2.84. The molecule has 0 N–H and O–H groups in total. The number of benzene rings is 1. The van der Waals surface area contributed by atoms with E-state index < -0.39 is 0 Å². The Morgan fingerprint density at radius 2 is 2.14 bits per heavy atom. The quantitative estimate of drug-likeness (QED) is 0.813. The molecule has 114 valence electrons. The third kappa shape index (κ3) is 3.11. The first-order valence-electron chi connectivity index (χ1n) is 7.64. The molecule has 0 unspecified atom stereocenters. The van der Waals surface area contributed by atoms with Crippen molar-refractivity contribution in [3.8, 4) is 5.69 Å². The fourth-order valence-corrected chi connectivity index (χ4v) is 2.84. The summed E-state index contributed by atoms with van der Waals surface area (Å²) in [5.74, 6) is 0.338. The topological polar surface area (TPSA) is 38.1 Å². The minimum absolute atomic E-state index is 0.122. The summed E-state index contributed by atoms with van der Waals surface area (Å²) in [5, 5.41) is 4.40. The van der Waals surface area contributed by atoms with Crippen molar-refractivity contribution < 1.29 is 4.79 Å². The van der Waals surface area contributed by atoms with Gasteiger partial charge < -0.3 is 4.90 Å². The number of aromatic nitrogens is 2. The van der Waals surface area contributed by atoms with Crippen molar-refractivity contribution in [2.75, 3.05) is 7.05 Å². The van der Waals surface area contributed by atoms with E-state index in [4.69, 9.17) is 0 Å². The maximum atomic E-state index is 12.3. The van der Waals surface area contributed by atoms with Crippen molar-refractivity contribution in [3.63, 3.8) is 0 Å². The van der Waals surface area contributed by atoms with Crippen LogP contribution in [0.1, 0.15) is 24.0 Å². The Bertz CT molecular complexity index is 694. The second kappa shape index (κ2) is 6.18. The normalized spacial score (nSPS) is 14.5. The van der Waals surface area contributed by atoms with Gasteiger partial charge in [-0.15, -0.1) is 0 Å². The highest BCUT2D eigenvalue weighted by Gasteiger charge is 2.22. The Balaban J connectivity index is 1.67. The van der Waals surface area contributed by atoms with Crippen LogP contribution >= 0.6 is 0 Å². The highest BCUT2D eigenvalue weighted by Crippen LogP contribution is 2.20. The lowest BCUT2D eigenvalue weighted by Gasteiger charge is -2.20. The number of carbonyl (C=O) groups excluding carboxylic acids is 1. The summed E-state index contributed by atoms with van der Waals surface area (Å²) in [5.41, 5.74) is 3.29.